The number of fused-ring (bicyclic) bond motifs is 1. The average Bonchev–Trinajstić information content (AvgIpc) is 3.21. The van der Waals surface area contributed by atoms with Gasteiger partial charge in [0.15, 0.2) is 0 Å². The predicted octanol–water partition coefficient (Wildman–Crippen LogP) is 1.49. The zero-order valence-electron chi connectivity index (χ0n) is 11.7. The molecule has 7 nitrogen and oxygen atoms in total. The maximum atomic E-state index is 12.3. The Morgan fingerprint density at radius 1 is 1.23 bits per heavy atom. The maximum absolute atomic E-state index is 12.3. The first-order valence-electron chi connectivity index (χ1n) is 6.72. The summed E-state index contributed by atoms with van der Waals surface area (Å²) in [5, 5.41) is 10.5. The van der Waals surface area contributed by atoms with Crippen LogP contribution in [-0.2, 0) is 6.54 Å². The van der Waals surface area contributed by atoms with Gasteiger partial charge < -0.3 is 4.40 Å². The average molecular weight is 312 g/mol. The molecular weight excluding hydrogens is 300 g/mol. The summed E-state index contributed by atoms with van der Waals surface area (Å²) < 4.78 is 4.56. The Balaban J connectivity index is 1.71. The first kappa shape index (κ1) is 13.0. The number of nitrogens with zero attached hydrogens (tertiary/aromatic N) is 6. The van der Waals surface area contributed by atoms with Gasteiger partial charge in [-0.3, -0.25) is 0 Å². The van der Waals surface area contributed by atoms with Gasteiger partial charge in [0.2, 0.25) is 0 Å². The van der Waals surface area contributed by atoms with Crippen LogP contribution in [0.25, 0.3) is 10.6 Å². The Morgan fingerprint density at radius 2 is 2.14 bits per heavy atom. The molecule has 0 atom stereocenters. The highest BCUT2D eigenvalue weighted by Crippen LogP contribution is 2.12. The maximum Gasteiger partial charge on any atom is 0.369 e. The lowest BCUT2D eigenvalue weighted by Crippen LogP contribution is -2.24. The second kappa shape index (κ2) is 4.92. The molecule has 4 heterocycles. The molecule has 4 aromatic rings. The smallest absolute Gasteiger partial charge is 0.307 e. The molecular formula is C14H12N6OS. The summed E-state index contributed by atoms with van der Waals surface area (Å²) in [7, 11) is 0. The second-order valence-electron chi connectivity index (χ2n) is 4.94. The zero-order valence-corrected chi connectivity index (χ0v) is 12.6. The summed E-state index contributed by atoms with van der Waals surface area (Å²) in [6.07, 6.45) is 3.84. The largest absolute Gasteiger partial charge is 0.369 e. The van der Waals surface area contributed by atoms with E-state index in [2.05, 4.69) is 15.4 Å². The van der Waals surface area contributed by atoms with E-state index in [-0.39, 0.29) is 5.69 Å². The Kier molecular flexibility index (Phi) is 2.90. The van der Waals surface area contributed by atoms with Crippen molar-refractivity contribution >= 4 is 17.0 Å². The highest BCUT2D eigenvalue weighted by molar-refractivity contribution is 7.12. The van der Waals surface area contributed by atoms with Gasteiger partial charge >= 0.3 is 5.69 Å². The molecule has 4 rings (SSSR count). The number of aryl methyl sites for hydroxylation is 1. The van der Waals surface area contributed by atoms with Crippen molar-refractivity contribution in [1.82, 2.24) is 29.2 Å². The molecule has 0 radical (unpaired) electrons. The van der Waals surface area contributed by atoms with E-state index >= 15 is 0 Å². The fourth-order valence-electron chi connectivity index (χ4n) is 2.34. The van der Waals surface area contributed by atoms with Crippen molar-refractivity contribution < 1.29 is 0 Å². The van der Waals surface area contributed by atoms with E-state index in [1.54, 1.807) is 0 Å². The third-order valence-corrected chi connectivity index (χ3v) is 4.24. The van der Waals surface area contributed by atoms with Gasteiger partial charge in [0.25, 0.3) is 0 Å². The van der Waals surface area contributed by atoms with E-state index in [0.29, 0.717) is 6.54 Å². The number of hydrogen-bond acceptors (Lipinski definition) is 5. The SMILES string of the molecule is Cc1cccn2cc(Cn3nnn(-c4cccs4)c3=O)nc12. The quantitative estimate of drug-likeness (QED) is 0.575. The van der Waals surface area contributed by atoms with Gasteiger partial charge in [-0.2, -0.15) is 9.36 Å². The lowest BCUT2D eigenvalue weighted by atomic mass is 10.3. The molecule has 0 spiro atoms. The molecule has 0 N–H and O–H groups in total. The molecule has 0 bridgehead atoms. The van der Waals surface area contributed by atoms with Gasteiger partial charge in [-0.15, -0.1) is 11.3 Å². The fourth-order valence-corrected chi connectivity index (χ4v) is 3.00. The zero-order chi connectivity index (χ0) is 15.1. The van der Waals surface area contributed by atoms with Crippen LogP contribution >= 0.6 is 11.3 Å². The minimum absolute atomic E-state index is 0.267. The van der Waals surface area contributed by atoms with Crippen LogP contribution in [0.1, 0.15) is 11.3 Å². The summed E-state index contributed by atoms with van der Waals surface area (Å²) in [6, 6.07) is 7.67. The van der Waals surface area contributed by atoms with Crippen molar-refractivity contribution in [2.45, 2.75) is 13.5 Å². The molecule has 0 aromatic carbocycles. The van der Waals surface area contributed by atoms with Crippen LogP contribution in [-0.4, -0.2) is 29.2 Å². The van der Waals surface area contributed by atoms with Crippen molar-refractivity contribution in [2.75, 3.05) is 0 Å². The standard InChI is InChI=1S/C14H12N6OS/c1-10-4-2-6-18-8-11(15-13(10)18)9-19-14(21)20(17-16-19)12-5-3-7-22-12/h2-8H,9H2,1H3. The summed E-state index contributed by atoms with van der Waals surface area (Å²) in [4.78, 5) is 16.9. The number of pyridine rings is 1. The number of imidazole rings is 1. The molecule has 0 unspecified atom stereocenters. The third-order valence-electron chi connectivity index (χ3n) is 3.39. The van der Waals surface area contributed by atoms with E-state index in [1.165, 1.54) is 20.7 Å². The van der Waals surface area contributed by atoms with E-state index in [1.807, 2.05) is 53.4 Å². The number of thiophene rings is 1. The Morgan fingerprint density at radius 3 is 2.91 bits per heavy atom. The summed E-state index contributed by atoms with van der Waals surface area (Å²) in [5.74, 6) is 0. The molecule has 0 aliphatic carbocycles. The van der Waals surface area contributed by atoms with Crippen LogP contribution in [0.5, 0.6) is 0 Å². The third kappa shape index (κ3) is 2.04. The van der Waals surface area contributed by atoms with E-state index in [0.717, 1.165) is 21.9 Å². The van der Waals surface area contributed by atoms with Crippen molar-refractivity contribution in [1.29, 1.82) is 0 Å². The van der Waals surface area contributed by atoms with E-state index in [4.69, 9.17) is 0 Å². The summed E-state index contributed by atoms with van der Waals surface area (Å²) in [6.45, 7) is 2.30. The lowest BCUT2D eigenvalue weighted by Gasteiger charge is -1.94. The van der Waals surface area contributed by atoms with Crippen LogP contribution in [0.4, 0.5) is 0 Å². The van der Waals surface area contributed by atoms with Crippen LogP contribution in [0.3, 0.4) is 0 Å². The lowest BCUT2D eigenvalue weighted by molar-refractivity contribution is 0.623. The molecule has 22 heavy (non-hydrogen) atoms. The Hall–Kier alpha value is -2.74. The molecule has 8 heteroatoms. The minimum Gasteiger partial charge on any atom is -0.307 e. The van der Waals surface area contributed by atoms with Crippen LogP contribution in [0.2, 0.25) is 0 Å². The van der Waals surface area contributed by atoms with Crippen LogP contribution in [0.15, 0.2) is 46.8 Å². The number of aromatic nitrogens is 6. The molecule has 0 aliphatic rings. The van der Waals surface area contributed by atoms with Crippen molar-refractivity contribution in [3.05, 3.63) is 63.8 Å². The molecule has 4 aromatic heterocycles. The van der Waals surface area contributed by atoms with Crippen molar-refractivity contribution in [3.63, 3.8) is 0 Å². The number of tetrazole rings is 1. The molecule has 0 fully saturated rings. The Labute approximate surface area is 129 Å². The monoisotopic (exact) mass is 312 g/mol. The highest BCUT2D eigenvalue weighted by atomic mass is 32.1. The van der Waals surface area contributed by atoms with E-state index < -0.39 is 0 Å². The predicted molar refractivity (Wildman–Crippen MR) is 82.5 cm³/mol. The van der Waals surface area contributed by atoms with Crippen LogP contribution in [0, 0.1) is 6.92 Å². The first-order valence-corrected chi connectivity index (χ1v) is 7.60. The van der Waals surface area contributed by atoms with Gasteiger partial charge in [-0.25, -0.2) is 9.78 Å². The van der Waals surface area contributed by atoms with Crippen molar-refractivity contribution in [3.8, 4) is 5.00 Å². The Bertz CT molecular complexity index is 994. The highest BCUT2D eigenvalue weighted by Gasteiger charge is 2.12. The number of rotatable bonds is 3. The summed E-state index contributed by atoms with van der Waals surface area (Å²) >= 11 is 1.44. The topological polar surface area (TPSA) is 70.0 Å². The normalized spacial score (nSPS) is 11.3. The fraction of sp³-hybridized carbons (Fsp3) is 0.143. The first-order chi connectivity index (χ1) is 10.7. The van der Waals surface area contributed by atoms with Gasteiger partial charge in [-0.1, -0.05) is 6.07 Å². The van der Waals surface area contributed by atoms with Crippen LogP contribution < -0.4 is 5.69 Å². The molecule has 110 valence electrons. The van der Waals surface area contributed by atoms with Gasteiger partial charge in [-0.05, 0) is 46.5 Å². The number of hydrogen-bond donors (Lipinski definition) is 0. The molecule has 0 aliphatic heterocycles. The minimum atomic E-state index is -0.267. The summed E-state index contributed by atoms with van der Waals surface area (Å²) in [5.41, 5.74) is 2.48. The van der Waals surface area contributed by atoms with Gasteiger partial charge in [0.1, 0.15) is 10.6 Å². The van der Waals surface area contributed by atoms with Crippen molar-refractivity contribution in [2.24, 2.45) is 0 Å². The molecule has 0 saturated carbocycles. The molecule has 0 amide bonds. The van der Waals surface area contributed by atoms with E-state index in [9.17, 15) is 4.79 Å². The van der Waals surface area contributed by atoms with Gasteiger partial charge in [0.05, 0.1) is 12.2 Å². The van der Waals surface area contributed by atoms with Gasteiger partial charge in [0, 0.05) is 12.4 Å². The second-order valence-corrected chi connectivity index (χ2v) is 5.86. The molecule has 0 saturated heterocycles.